The fraction of sp³-hybridized carbons (Fsp3) is 0.0769. The second-order valence-corrected chi connectivity index (χ2v) is 5.14. The first-order chi connectivity index (χ1) is 9.11. The van der Waals surface area contributed by atoms with Gasteiger partial charge >= 0.3 is 0 Å². The van der Waals surface area contributed by atoms with E-state index < -0.39 is 0 Å². The SMILES string of the molecule is Cc1ccc(C(=O)Nc2nc3ccc(N)cc3s2)o1. The number of nitrogens with zero attached hydrogens (tertiary/aromatic N) is 1. The molecular weight excluding hydrogens is 262 g/mol. The number of amides is 1. The lowest BCUT2D eigenvalue weighted by atomic mass is 10.3. The third-order valence-electron chi connectivity index (χ3n) is 2.60. The maximum atomic E-state index is 11.9. The molecule has 0 unspecified atom stereocenters. The number of hydrogen-bond donors (Lipinski definition) is 2. The van der Waals surface area contributed by atoms with Gasteiger partial charge in [-0.1, -0.05) is 11.3 Å². The van der Waals surface area contributed by atoms with Crippen molar-refractivity contribution in [3.8, 4) is 0 Å². The van der Waals surface area contributed by atoms with Gasteiger partial charge < -0.3 is 10.2 Å². The number of anilines is 2. The number of aryl methyl sites for hydroxylation is 1. The fourth-order valence-corrected chi connectivity index (χ4v) is 2.62. The number of nitrogens with two attached hydrogens (primary N) is 1. The quantitative estimate of drug-likeness (QED) is 0.703. The number of benzene rings is 1. The number of thiazole rings is 1. The van der Waals surface area contributed by atoms with E-state index in [2.05, 4.69) is 10.3 Å². The van der Waals surface area contributed by atoms with Crippen molar-refractivity contribution in [2.24, 2.45) is 0 Å². The molecule has 2 heterocycles. The van der Waals surface area contributed by atoms with Crippen molar-refractivity contribution in [3.63, 3.8) is 0 Å². The normalized spacial score (nSPS) is 10.8. The van der Waals surface area contributed by atoms with Gasteiger partial charge in [0.15, 0.2) is 10.9 Å². The predicted octanol–water partition coefficient (Wildman–Crippen LogP) is 3.03. The molecule has 3 rings (SSSR count). The third-order valence-corrected chi connectivity index (χ3v) is 3.53. The average Bonchev–Trinajstić information content (AvgIpc) is 2.94. The second kappa shape index (κ2) is 4.40. The highest BCUT2D eigenvalue weighted by molar-refractivity contribution is 7.22. The van der Waals surface area contributed by atoms with Gasteiger partial charge in [-0.2, -0.15) is 0 Å². The lowest BCUT2D eigenvalue weighted by Gasteiger charge is -1.96. The number of nitrogens with one attached hydrogen (secondary N) is 1. The van der Waals surface area contributed by atoms with Crippen LogP contribution < -0.4 is 11.1 Å². The van der Waals surface area contributed by atoms with Crippen LogP contribution in [0.1, 0.15) is 16.3 Å². The Bertz CT molecular complexity index is 760. The summed E-state index contributed by atoms with van der Waals surface area (Å²) < 4.78 is 6.19. The number of furan rings is 1. The molecule has 3 N–H and O–H groups in total. The summed E-state index contributed by atoms with van der Waals surface area (Å²) in [6.45, 7) is 1.79. The number of aromatic nitrogens is 1. The first-order valence-electron chi connectivity index (χ1n) is 5.66. The van der Waals surface area contributed by atoms with Crippen LogP contribution in [-0.4, -0.2) is 10.9 Å². The Balaban J connectivity index is 1.87. The van der Waals surface area contributed by atoms with Crippen LogP contribution in [0.5, 0.6) is 0 Å². The summed E-state index contributed by atoms with van der Waals surface area (Å²) in [6.07, 6.45) is 0. The highest BCUT2D eigenvalue weighted by Gasteiger charge is 2.12. The molecular formula is C13H11N3O2S. The first-order valence-corrected chi connectivity index (χ1v) is 6.47. The van der Waals surface area contributed by atoms with Crippen molar-refractivity contribution in [1.29, 1.82) is 0 Å². The molecule has 1 aromatic carbocycles. The molecule has 0 fully saturated rings. The number of rotatable bonds is 2. The maximum Gasteiger partial charge on any atom is 0.293 e. The van der Waals surface area contributed by atoms with Gasteiger partial charge in [-0.15, -0.1) is 0 Å². The summed E-state index contributed by atoms with van der Waals surface area (Å²) in [7, 11) is 0. The van der Waals surface area contributed by atoms with E-state index in [4.69, 9.17) is 10.2 Å². The van der Waals surface area contributed by atoms with E-state index in [0.717, 1.165) is 10.2 Å². The molecule has 2 aromatic heterocycles. The minimum Gasteiger partial charge on any atom is -0.456 e. The van der Waals surface area contributed by atoms with Gasteiger partial charge in [0.05, 0.1) is 10.2 Å². The Morgan fingerprint density at radius 1 is 1.37 bits per heavy atom. The highest BCUT2D eigenvalue weighted by atomic mass is 32.1. The molecule has 0 bridgehead atoms. The van der Waals surface area contributed by atoms with Gasteiger partial charge in [0.1, 0.15) is 5.76 Å². The molecule has 1 amide bonds. The maximum absolute atomic E-state index is 11.9. The summed E-state index contributed by atoms with van der Waals surface area (Å²) in [6, 6.07) is 8.82. The number of fused-ring (bicyclic) bond motifs is 1. The lowest BCUT2D eigenvalue weighted by Crippen LogP contribution is -2.10. The zero-order valence-electron chi connectivity index (χ0n) is 10.1. The molecule has 0 saturated carbocycles. The van der Waals surface area contributed by atoms with E-state index in [1.165, 1.54) is 11.3 Å². The fourth-order valence-electron chi connectivity index (χ4n) is 1.71. The molecule has 0 aliphatic carbocycles. The first kappa shape index (κ1) is 11.7. The van der Waals surface area contributed by atoms with Crippen molar-refractivity contribution >= 4 is 38.3 Å². The molecule has 3 aromatic rings. The zero-order chi connectivity index (χ0) is 13.4. The topological polar surface area (TPSA) is 81.2 Å². The Hall–Kier alpha value is -2.34. The number of carbonyl (C=O) groups excluding carboxylic acids is 1. The molecule has 0 radical (unpaired) electrons. The summed E-state index contributed by atoms with van der Waals surface area (Å²) >= 11 is 1.38. The minimum absolute atomic E-state index is 0.274. The van der Waals surface area contributed by atoms with Crippen LogP contribution in [-0.2, 0) is 0 Å². The number of nitrogen functional groups attached to an aromatic ring is 1. The molecule has 6 heteroatoms. The van der Waals surface area contributed by atoms with E-state index in [9.17, 15) is 4.79 Å². The van der Waals surface area contributed by atoms with E-state index in [0.29, 0.717) is 16.6 Å². The Morgan fingerprint density at radius 2 is 2.21 bits per heavy atom. The van der Waals surface area contributed by atoms with E-state index >= 15 is 0 Å². The van der Waals surface area contributed by atoms with Gasteiger partial charge in [-0.25, -0.2) is 4.98 Å². The van der Waals surface area contributed by atoms with Gasteiger partial charge in [-0.05, 0) is 37.3 Å². The lowest BCUT2D eigenvalue weighted by molar-refractivity contribution is 0.0995. The van der Waals surface area contributed by atoms with E-state index in [1.807, 2.05) is 12.1 Å². The molecule has 96 valence electrons. The number of carbonyl (C=O) groups is 1. The van der Waals surface area contributed by atoms with Crippen molar-refractivity contribution in [2.45, 2.75) is 6.92 Å². The number of hydrogen-bond acceptors (Lipinski definition) is 5. The van der Waals surface area contributed by atoms with Crippen LogP contribution in [0.15, 0.2) is 34.7 Å². The van der Waals surface area contributed by atoms with E-state index in [1.54, 1.807) is 25.1 Å². The molecule has 5 nitrogen and oxygen atoms in total. The summed E-state index contributed by atoms with van der Waals surface area (Å²) in [4.78, 5) is 16.2. The predicted molar refractivity (Wildman–Crippen MR) is 75.4 cm³/mol. The molecule has 0 atom stereocenters. The van der Waals surface area contributed by atoms with Crippen LogP contribution in [0, 0.1) is 6.92 Å². The van der Waals surface area contributed by atoms with Crippen LogP contribution >= 0.6 is 11.3 Å². The van der Waals surface area contributed by atoms with Crippen molar-refractivity contribution in [1.82, 2.24) is 4.98 Å². The Labute approximate surface area is 113 Å². The van der Waals surface area contributed by atoms with Crippen LogP contribution in [0.4, 0.5) is 10.8 Å². The van der Waals surface area contributed by atoms with Crippen LogP contribution in [0.2, 0.25) is 0 Å². The summed E-state index contributed by atoms with van der Waals surface area (Å²) in [5, 5.41) is 3.24. The second-order valence-electron chi connectivity index (χ2n) is 4.11. The van der Waals surface area contributed by atoms with Crippen LogP contribution in [0.3, 0.4) is 0 Å². The van der Waals surface area contributed by atoms with Crippen molar-refractivity contribution in [3.05, 3.63) is 41.9 Å². The summed E-state index contributed by atoms with van der Waals surface area (Å²) in [5.41, 5.74) is 7.19. The molecule has 19 heavy (non-hydrogen) atoms. The Morgan fingerprint density at radius 3 is 2.95 bits per heavy atom. The minimum atomic E-state index is -0.305. The van der Waals surface area contributed by atoms with Crippen molar-refractivity contribution < 1.29 is 9.21 Å². The van der Waals surface area contributed by atoms with Crippen molar-refractivity contribution in [2.75, 3.05) is 11.1 Å². The monoisotopic (exact) mass is 273 g/mol. The standard InChI is InChI=1S/C13H11N3O2S/c1-7-2-5-10(18-7)12(17)16-13-15-9-4-3-8(14)6-11(9)19-13/h2-6H,14H2,1H3,(H,15,16,17). The van der Waals surface area contributed by atoms with Gasteiger partial charge in [0.2, 0.25) is 0 Å². The third kappa shape index (κ3) is 2.30. The Kier molecular flexibility index (Phi) is 2.72. The van der Waals surface area contributed by atoms with Gasteiger partial charge in [0, 0.05) is 5.69 Å². The molecule has 0 aliphatic rings. The highest BCUT2D eigenvalue weighted by Crippen LogP contribution is 2.27. The smallest absolute Gasteiger partial charge is 0.293 e. The van der Waals surface area contributed by atoms with Crippen LogP contribution in [0.25, 0.3) is 10.2 Å². The summed E-state index contributed by atoms with van der Waals surface area (Å²) in [5.74, 6) is 0.665. The average molecular weight is 273 g/mol. The zero-order valence-corrected chi connectivity index (χ0v) is 11.0. The van der Waals surface area contributed by atoms with E-state index in [-0.39, 0.29) is 11.7 Å². The molecule has 0 spiro atoms. The molecule has 0 saturated heterocycles. The van der Waals surface area contributed by atoms with Gasteiger partial charge in [-0.3, -0.25) is 10.1 Å². The molecule has 0 aliphatic heterocycles. The largest absolute Gasteiger partial charge is 0.456 e. The van der Waals surface area contributed by atoms with Gasteiger partial charge in [0.25, 0.3) is 5.91 Å².